The number of aromatic nitrogens is 1. The zero-order chi connectivity index (χ0) is 22.2. The van der Waals surface area contributed by atoms with E-state index in [4.69, 9.17) is 0 Å². The minimum absolute atomic E-state index is 0.0915. The standard InChI is InChI=1S/C23H25N3O3S2/c1-23(2,3)18-9-5-16(6-10-18)20-15-30-22(24-20)25-21(27)17-7-11-19(12-8-17)26-13-4-14-31(26,28)29/h5-12,15H,4,13-14H2,1-3H3,(H,24,25,27). The molecule has 0 bridgehead atoms. The first-order valence-electron chi connectivity index (χ1n) is 10.1. The SMILES string of the molecule is CC(C)(C)c1ccc(-c2csc(NC(=O)c3ccc(N4CCCS4(=O)=O)cc3)n2)cc1. The van der Waals surface area contributed by atoms with Crippen LogP contribution in [-0.4, -0.2) is 31.6 Å². The molecule has 31 heavy (non-hydrogen) atoms. The molecular formula is C23H25N3O3S2. The second-order valence-corrected chi connectivity index (χ2v) is 11.5. The molecule has 1 aromatic heterocycles. The van der Waals surface area contributed by atoms with Crippen LogP contribution in [-0.2, 0) is 15.4 Å². The van der Waals surface area contributed by atoms with Gasteiger partial charge in [-0.15, -0.1) is 11.3 Å². The molecule has 0 aliphatic carbocycles. The zero-order valence-electron chi connectivity index (χ0n) is 17.8. The van der Waals surface area contributed by atoms with Crippen molar-refractivity contribution in [2.75, 3.05) is 21.9 Å². The average molecular weight is 456 g/mol. The lowest BCUT2D eigenvalue weighted by Crippen LogP contribution is -2.25. The molecule has 1 aliphatic rings. The number of rotatable bonds is 4. The Labute approximate surface area is 187 Å². The zero-order valence-corrected chi connectivity index (χ0v) is 19.4. The van der Waals surface area contributed by atoms with Gasteiger partial charge in [-0.3, -0.25) is 14.4 Å². The van der Waals surface area contributed by atoms with Crippen molar-refractivity contribution < 1.29 is 13.2 Å². The van der Waals surface area contributed by atoms with Gasteiger partial charge in [0, 0.05) is 23.1 Å². The predicted molar refractivity (Wildman–Crippen MR) is 126 cm³/mol. The van der Waals surface area contributed by atoms with Gasteiger partial charge in [0.25, 0.3) is 5.91 Å². The van der Waals surface area contributed by atoms with Crippen molar-refractivity contribution in [1.82, 2.24) is 4.98 Å². The summed E-state index contributed by atoms with van der Waals surface area (Å²) in [4.78, 5) is 17.1. The number of anilines is 2. The first kappa shape index (κ1) is 21.5. The molecule has 162 valence electrons. The Hall–Kier alpha value is -2.71. The lowest BCUT2D eigenvalue weighted by atomic mass is 9.86. The molecule has 0 saturated carbocycles. The Morgan fingerprint density at radius 1 is 1.06 bits per heavy atom. The summed E-state index contributed by atoms with van der Waals surface area (Å²) in [5.74, 6) is -0.111. The van der Waals surface area contributed by atoms with Crippen molar-refractivity contribution in [3.8, 4) is 11.3 Å². The smallest absolute Gasteiger partial charge is 0.257 e. The van der Waals surface area contributed by atoms with E-state index in [0.29, 0.717) is 29.3 Å². The van der Waals surface area contributed by atoms with E-state index in [0.717, 1.165) is 11.3 Å². The highest BCUT2D eigenvalue weighted by atomic mass is 32.2. The largest absolute Gasteiger partial charge is 0.298 e. The van der Waals surface area contributed by atoms with Gasteiger partial charge in [-0.05, 0) is 41.7 Å². The Morgan fingerprint density at radius 2 is 1.74 bits per heavy atom. The fraction of sp³-hybridized carbons (Fsp3) is 0.304. The van der Waals surface area contributed by atoms with Gasteiger partial charge in [0.05, 0.1) is 17.1 Å². The number of benzene rings is 2. The van der Waals surface area contributed by atoms with Crippen molar-refractivity contribution in [3.05, 3.63) is 65.0 Å². The number of carbonyl (C=O) groups excluding carboxylic acids is 1. The van der Waals surface area contributed by atoms with E-state index < -0.39 is 10.0 Å². The number of amides is 1. The minimum Gasteiger partial charge on any atom is -0.298 e. The first-order chi connectivity index (χ1) is 14.6. The summed E-state index contributed by atoms with van der Waals surface area (Å²) in [6, 6.07) is 14.9. The maximum atomic E-state index is 12.6. The number of hydrogen-bond acceptors (Lipinski definition) is 5. The van der Waals surface area contributed by atoms with Gasteiger partial charge in [-0.2, -0.15) is 0 Å². The van der Waals surface area contributed by atoms with Crippen molar-refractivity contribution in [2.45, 2.75) is 32.6 Å². The molecule has 1 aliphatic heterocycles. The van der Waals surface area contributed by atoms with Gasteiger partial charge >= 0.3 is 0 Å². The number of thiazole rings is 1. The van der Waals surface area contributed by atoms with E-state index in [1.165, 1.54) is 21.2 Å². The van der Waals surface area contributed by atoms with Crippen LogP contribution in [0.15, 0.2) is 53.9 Å². The number of nitrogens with zero attached hydrogens (tertiary/aromatic N) is 2. The molecule has 1 fully saturated rings. The number of nitrogens with one attached hydrogen (secondary N) is 1. The Morgan fingerprint density at radius 3 is 2.32 bits per heavy atom. The average Bonchev–Trinajstić information content (AvgIpc) is 3.33. The Kier molecular flexibility index (Phi) is 5.61. The van der Waals surface area contributed by atoms with E-state index in [9.17, 15) is 13.2 Å². The summed E-state index contributed by atoms with van der Waals surface area (Å²) in [5, 5.41) is 5.27. The quantitative estimate of drug-likeness (QED) is 0.607. The minimum atomic E-state index is -3.23. The summed E-state index contributed by atoms with van der Waals surface area (Å²) in [5.41, 5.74) is 4.20. The van der Waals surface area contributed by atoms with E-state index in [2.05, 4.69) is 43.2 Å². The Balaban J connectivity index is 1.44. The molecule has 6 nitrogen and oxygen atoms in total. The van der Waals surface area contributed by atoms with E-state index >= 15 is 0 Å². The third-order valence-corrected chi connectivity index (χ3v) is 7.92. The molecule has 1 amide bonds. The monoisotopic (exact) mass is 455 g/mol. The molecule has 0 atom stereocenters. The van der Waals surface area contributed by atoms with E-state index in [1.807, 2.05) is 17.5 Å². The Bertz CT molecular complexity index is 1190. The predicted octanol–water partition coefficient (Wildman–Crippen LogP) is 4.90. The summed E-state index contributed by atoms with van der Waals surface area (Å²) in [6.45, 7) is 7.01. The van der Waals surface area contributed by atoms with Crippen LogP contribution in [0.3, 0.4) is 0 Å². The van der Waals surface area contributed by atoms with Crippen LogP contribution in [0, 0.1) is 0 Å². The van der Waals surface area contributed by atoms with Crippen LogP contribution < -0.4 is 9.62 Å². The van der Waals surface area contributed by atoms with Crippen LogP contribution in [0.4, 0.5) is 10.8 Å². The maximum absolute atomic E-state index is 12.6. The molecule has 8 heteroatoms. The van der Waals surface area contributed by atoms with Crippen molar-refractivity contribution in [1.29, 1.82) is 0 Å². The van der Waals surface area contributed by atoms with Gasteiger partial charge < -0.3 is 0 Å². The molecule has 0 spiro atoms. The lowest BCUT2D eigenvalue weighted by Gasteiger charge is -2.18. The fourth-order valence-electron chi connectivity index (χ4n) is 3.48. The molecule has 3 aromatic rings. The van der Waals surface area contributed by atoms with Gasteiger partial charge in [0.15, 0.2) is 5.13 Å². The van der Waals surface area contributed by atoms with Crippen LogP contribution in [0.1, 0.15) is 43.1 Å². The summed E-state index contributed by atoms with van der Waals surface area (Å²) < 4.78 is 25.5. The van der Waals surface area contributed by atoms with Crippen molar-refractivity contribution in [3.63, 3.8) is 0 Å². The summed E-state index contributed by atoms with van der Waals surface area (Å²) >= 11 is 1.37. The summed E-state index contributed by atoms with van der Waals surface area (Å²) in [7, 11) is -3.23. The third-order valence-electron chi connectivity index (χ3n) is 5.29. The van der Waals surface area contributed by atoms with Gasteiger partial charge in [0.2, 0.25) is 10.0 Å². The molecule has 4 rings (SSSR count). The van der Waals surface area contributed by atoms with Gasteiger partial charge in [-0.1, -0.05) is 45.0 Å². The van der Waals surface area contributed by atoms with Crippen LogP contribution in [0.2, 0.25) is 0 Å². The second kappa shape index (κ2) is 8.09. The topological polar surface area (TPSA) is 79.4 Å². The highest BCUT2D eigenvalue weighted by molar-refractivity contribution is 7.93. The highest BCUT2D eigenvalue weighted by Gasteiger charge is 2.28. The van der Waals surface area contributed by atoms with Crippen LogP contribution >= 0.6 is 11.3 Å². The molecule has 2 aromatic carbocycles. The molecular weight excluding hydrogens is 430 g/mol. The molecule has 0 radical (unpaired) electrons. The fourth-order valence-corrected chi connectivity index (χ4v) is 5.76. The maximum Gasteiger partial charge on any atom is 0.257 e. The number of sulfonamides is 1. The number of hydrogen-bond donors (Lipinski definition) is 1. The highest BCUT2D eigenvalue weighted by Crippen LogP contribution is 2.29. The van der Waals surface area contributed by atoms with E-state index in [1.54, 1.807) is 24.3 Å². The first-order valence-corrected chi connectivity index (χ1v) is 12.6. The van der Waals surface area contributed by atoms with Crippen LogP contribution in [0.25, 0.3) is 11.3 Å². The molecule has 1 saturated heterocycles. The normalized spacial score (nSPS) is 15.8. The van der Waals surface area contributed by atoms with E-state index in [-0.39, 0.29) is 17.1 Å². The van der Waals surface area contributed by atoms with Crippen LogP contribution in [0.5, 0.6) is 0 Å². The molecule has 0 unspecified atom stereocenters. The molecule has 2 heterocycles. The van der Waals surface area contributed by atoms with Gasteiger partial charge in [0.1, 0.15) is 0 Å². The van der Waals surface area contributed by atoms with Crippen molar-refractivity contribution in [2.24, 2.45) is 0 Å². The van der Waals surface area contributed by atoms with Gasteiger partial charge in [-0.25, -0.2) is 13.4 Å². The lowest BCUT2D eigenvalue weighted by molar-refractivity contribution is 0.102. The second-order valence-electron chi connectivity index (χ2n) is 8.61. The molecule has 1 N–H and O–H groups in total. The van der Waals surface area contributed by atoms with Crippen molar-refractivity contribution >= 4 is 38.1 Å². The third kappa shape index (κ3) is 4.65. The number of carbonyl (C=O) groups is 1. The summed E-state index contributed by atoms with van der Waals surface area (Å²) in [6.07, 6.45) is 0.621.